The fourth-order valence-electron chi connectivity index (χ4n) is 1.83. The normalized spacial score (nSPS) is 30.0. The van der Waals surface area contributed by atoms with Crippen LogP contribution in [0.1, 0.15) is 27.7 Å². The lowest BCUT2D eigenvalue weighted by molar-refractivity contribution is -0.122. The molecule has 0 fully saturated rings. The molecule has 1 N–H and O–H groups in total. The zero-order valence-corrected chi connectivity index (χ0v) is 9.48. The summed E-state index contributed by atoms with van der Waals surface area (Å²) in [5.41, 5.74) is -0.0652. The van der Waals surface area contributed by atoms with Crippen LogP contribution in [0.4, 0.5) is 0 Å². The topological polar surface area (TPSA) is 57.1 Å². The summed E-state index contributed by atoms with van der Waals surface area (Å²) < 4.78 is 0. The Balaban J connectivity index is 2.32. The predicted molar refractivity (Wildman–Crippen MR) is 58.9 cm³/mol. The third-order valence-electron chi connectivity index (χ3n) is 2.59. The van der Waals surface area contributed by atoms with Gasteiger partial charge >= 0.3 is 0 Å². The first kappa shape index (κ1) is 10.1. The maximum Gasteiger partial charge on any atom is 0.254 e. The summed E-state index contributed by atoms with van der Waals surface area (Å²) in [6.45, 7) is 8.05. The van der Waals surface area contributed by atoms with Crippen molar-refractivity contribution < 1.29 is 4.79 Å². The van der Waals surface area contributed by atoms with E-state index in [2.05, 4.69) is 36.1 Å². The summed E-state index contributed by atoms with van der Waals surface area (Å²) in [7, 11) is 0. The van der Waals surface area contributed by atoms with Crippen LogP contribution in [0, 0.1) is 0 Å². The van der Waals surface area contributed by atoms with E-state index in [1.807, 2.05) is 4.90 Å². The van der Waals surface area contributed by atoms with Crippen LogP contribution in [0.3, 0.4) is 0 Å². The third-order valence-corrected chi connectivity index (χ3v) is 2.59. The van der Waals surface area contributed by atoms with E-state index in [0.29, 0.717) is 5.84 Å². The van der Waals surface area contributed by atoms with Crippen molar-refractivity contribution in [2.75, 3.05) is 0 Å². The van der Waals surface area contributed by atoms with Gasteiger partial charge in [-0.3, -0.25) is 9.79 Å². The lowest BCUT2D eigenvalue weighted by atomic mass is 10.0. The Morgan fingerprint density at radius 3 is 2.73 bits per heavy atom. The van der Waals surface area contributed by atoms with Gasteiger partial charge in [0.05, 0.1) is 6.34 Å². The molecule has 0 spiro atoms. The van der Waals surface area contributed by atoms with Crippen molar-refractivity contribution in [3.8, 4) is 0 Å². The molecule has 2 heterocycles. The van der Waals surface area contributed by atoms with Gasteiger partial charge in [-0.1, -0.05) is 0 Å². The third kappa shape index (κ3) is 1.62. The molecule has 2 atom stereocenters. The van der Waals surface area contributed by atoms with Crippen LogP contribution in [0.25, 0.3) is 0 Å². The van der Waals surface area contributed by atoms with Crippen molar-refractivity contribution in [1.29, 1.82) is 0 Å². The number of amidine groups is 1. The van der Waals surface area contributed by atoms with Gasteiger partial charge in [0.1, 0.15) is 5.84 Å². The second kappa shape index (κ2) is 3.05. The van der Waals surface area contributed by atoms with Crippen LogP contribution in [0.5, 0.6) is 0 Å². The van der Waals surface area contributed by atoms with E-state index in [9.17, 15) is 4.79 Å². The lowest BCUT2D eigenvalue weighted by Crippen LogP contribution is -2.54. The number of carbonyl (C=O) groups is 1. The second-order valence-corrected chi connectivity index (χ2v) is 4.90. The Morgan fingerprint density at radius 1 is 1.47 bits per heavy atom. The summed E-state index contributed by atoms with van der Waals surface area (Å²) >= 11 is 0. The highest BCUT2D eigenvalue weighted by Crippen LogP contribution is 2.25. The molecule has 0 aliphatic carbocycles. The zero-order valence-electron chi connectivity index (χ0n) is 9.48. The van der Waals surface area contributed by atoms with E-state index in [-0.39, 0.29) is 23.7 Å². The number of aliphatic imine (C=N–C) groups is 2. The van der Waals surface area contributed by atoms with Gasteiger partial charge in [0.15, 0.2) is 12.2 Å². The number of hydrogen-bond donors (Lipinski definition) is 1. The van der Waals surface area contributed by atoms with Crippen LogP contribution in [-0.4, -0.2) is 40.7 Å². The SMILES string of the molecule is CC1=NC2C(N=CN2C(C)(C)C)C(=O)N1. The van der Waals surface area contributed by atoms with Gasteiger partial charge in [-0.05, 0) is 27.7 Å². The summed E-state index contributed by atoms with van der Waals surface area (Å²) in [6, 6.07) is -0.382. The van der Waals surface area contributed by atoms with E-state index in [4.69, 9.17) is 0 Å². The second-order valence-electron chi connectivity index (χ2n) is 4.90. The number of amides is 1. The van der Waals surface area contributed by atoms with Gasteiger partial charge in [-0.2, -0.15) is 0 Å². The Kier molecular flexibility index (Phi) is 2.06. The first-order chi connectivity index (χ1) is 6.89. The molecule has 5 heteroatoms. The monoisotopic (exact) mass is 208 g/mol. The van der Waals surface area contributed by atoms with Gasteiger partial charge in [-0.25, -0.2) is 4.99 Å². The number of carbonyl (C=O) groups excluding carboxylic acids is 1. The molecule has 2 rings (SSSR count). The van der Waals surface area contributed by atoms with Crippen LogP contribution in [-0.2, 0) is 4.79 Å². The van der Waals surface area contributed by atoms with Gasteiger partial charge in [0.25, 0.3) is 5.91 Å². The van der Waals surface area contributed by atoms with Crippen molar-refractivity contribution in [3.05, 3.63) is 0 Å². The molecule has 0 saturated carbocycles. The van der Waals surface area contributed by atoms with E-state index in [1.54, 1.807) is 13.3 Å². The van der Waals surface area contributed by atoms with Gasteiger partial charge < -0.3 is 10.2 Å². The Labute approximate surface area is 89.3 Å². The zero-order chi connectivity index (χ0) is 11.2. The van der Waals surface area contributed by atoms with Crippen molar-refractivity contribution >= 4 is 18.1 Å². The molecular formula is C10H16N4O. The molecule has 15 heavy (non-hydrogen) atoms. The van der Waals surface area contributed by atoms with Gasteiger partial charge in [-0.15, -0.1) is 0 Å². The first-order valence-corrected chi connectivity index (χ1v) is 5.06. The molecule has 5 nitrogen and oxygen atoms in total. The van der Waals surface area contributed by atoms with E-state index in [0.717, 1.165) is 0 Å². The van der Waals surface area contributed by atoms with Crippen molar-refractivity contribution in [1.82, 2.24) is 10.2 Å². The van der Waals surface area contributed by atoms with E-state index >= 15 is 0 Å². The summed E-state index contributed by atoms with van der Waals surface area (Å²) in [4.78, 5) is 22.3. The summed E-state index contributed by atoms with van der Waals surface area (Å²) in [5, 5.41) is 2.69. The molecule has 0 aromatic rings. The molecular weight excluding hydrogens is 192 g/mol. The quantitative estimate of drug-likeness (QED) is 0.625. The fourth-order valence-corrected chi connectivity index (χ4v) is 1.83. The highest BCUT2D eigenvalue weighted by molar-refractivity contribution is 6.03. The van der Waals surface area contributed by atoms with Crippen LogP contribution in [0.15, 0.2) is 9.98 Å². The Morgan fingerprint density at radius 2 is 2.13 bits per heavy atom. The Hall–Kier alpha value is -1.39. The molecule has 0 radical (unpaired) electrons. The molecule has 1 amide bonds. The number of rotatable bonds is 0. The molecule has 0 saturated heterocycles. The van der Waals surface area contributed by atoms with Crippen LogP contribution < -0.4 is 5.32 Å². The highest BCUT2D eigenvalue weighted by Gasteiger charge is 2.42. The minimum Gasteiger partial charge on any atom is -0.334 e. The standard InChI is InChI=1S/C10H16N4O/c1-6-12-8-7(9(15)13-6)11-5-14(8)10(2,3)4/h5,7-8H,1-4H3,(H,12,13,15). The van der Waals surface area contributed by atoms with Gasteiger partial charge in [0, 0.05) is 5.54 Å². The maximum atomic E-state index is 11.6. The van der Waals surface area contributed by atoms with Gasteiger partial charge in [0.2, 0.25) is 0 Å². The fraction of sp³-hybridized carbons (Fsp3) is 0.700. The first-order valence-electron chi connectivity index (χ1n) is 5.06. The largest absolute Gasteiger partial charge is 0.334 e. The molecule has 0 bridgehead atoms. The average molecular weight is 208 g/mol. The molecule has 0 aromatic heterocycles. The molecule has 2 unspecified atom stereocenters. The smallest absolute Gasteiger partial charge is 0.254 e. The minimum absolute atomic E-state index is 0.0597. The summed E-state index contributed by atoms with van der Waals surface area (Å²) in [5.74, 6) is 0.608. The van der Waals surface area contributed by atoms with E-state index in [1.165, 1.54) is 0 Å². The number of nitrogens with zero attached hydrogens (tertiary/aromatic N) is 3. The van der Waals surface area contributed by atoms with Crippen LogP contribution in [0.2, 0.25) is 0 Å². The van der Waals surface area contributed by atoms with Crippen LogP contribution >= 0.6 is 0 Å². The highest BCUT2D eigenvalue weighted by atomic mass is 16.2. The average Bonchev–Trinajstić information content (AvgIpc) is 2.45. The van der Waals surface area contributed by atoms with Crippen molar-refractivity contribution in [2.24, 2.45) is 9.98 Å². The molecule has 0 aromatic carbocycles. The van der Waals surface area contributed by atoms with Crippen molar-refractivity contribution in [2.45, 2.75) is 45.4 Å². The summed E-state index contributed by atoms with van der Waals surface area (Å²) in [6.07, 6.45) is 1.57. The molecule has 2 aliphatic rings. The lowest BCUT2D eigenvalue weighted by Gasteiger charge is -2.37. The van der Waals surface area contributed by atoms with E-state index < -0.39 is 0 Å². The predicted octanol–water partition coefficient (Wildman–Crippen LogP) is 0.372. The number of hydrogen-bond acceptors (Lipinski definition) is 4. The maximum absolute atomic E-state index is 11.6. The van der Waals surface area contributed by atoms with Crippen molar-refractivity contribution in [3.63, 3.8) is 0 Å². The molecule has 2 aliphatic heterocycles. The Bertz CT molecular complexity index is 353. The number of fused-ring (bicyclic) bond motifs is 1. The minimum atomic E-state index is -0.382. The number of nitrogens with one attached hydrogen (secondary N) is 1. The molecule has 82 valence electrons.